The number of rotatable bonds is 6. The Morgan fingerprint density at radius 3 is 1.53 bits per heavy atom. The van der Waals surface area contributed by atoms with Gasteiger partial charge in [-0.3, -0.25) is 9.97 Å². The highest BCUT2D eigenvalue weighted by molar-refractivity contribution is 5.95. The van der Waals surface area contributed by atoms with E-state index in [9.17, 15) is 5.26 Å². The third-order valence-electron chi connectivity index (χ3n) is 9.91. The number of fused-ring (bicyclic) bond motifs is 3. The highest BCUT2D eigenvalue weighted by atomic mass is 14.8. The maximum Gasteiger partial charge on any atom is 0.0991 e. The first-order chi connectivity index (χ1) is 25.2. The number of nitrogens with zero attached hydrogens (tertiary/aromatic N) is 4. The lowest BCUT2D eigenvalue weighted by Gasteiger charge is -2.34. The first-order valence-corrected chi connectivity index (χ1v) is 17.0. The van der Waals surface area contributed by atoms with Gasteiger partial charge in [0.25, 0.3) is 0 Å². The van der Waals surface area contributed by atoms with Crippen LogP contribution in [-0.4, -0.2) is 15.0 Å². The van der Waals surface area contributed by atoms with Crippen LogP contribution in [0.5, 0.6) is 0 Å². The summed E-state index contributed by atoms with van der Waals surface area (Å²) >= 11 is 0. The van der Waals surface area contributed by atoms with Crippen molar-refractivity contribution in [1.82, 2.24) is 15.0 Å². The van der Waals surface area contributed by atoms with Crippen molar-refractivity contribution in [1.29, 1.82) is 5.26 Å². The Kier molecular flexibility index (Phi) is 7.38. The van der Waals surface area contributed by atoms with Crippen LogP contribution in [0.3, 0.4) is 0 Å². The van der Waals surface area contributed by atoms with Crippen LogP contribution in [0.15, 0.2) is 182 Å². The molecule has 1 aliphatic carbocycles. The van der Waals surface area contributed by atoms with Gasteiger partial charge >= 0.3 is 0 Å². The highest BCUT2D eigenvalue weighted by Crippen LogP contribution is 2.58. The molecule has 8 aromatic rings. The second kappa shape index (κ2) is 12.5. The summed E-state index contributed by atoms with van der Waals surface area (Å²) < 4.78 is 0. The van der Waals surface area contributed by atoms with E-state index in [0.29, 0.717) is 5.56 Å². The number of aromatic nitrogens is 3. The van der Waals surface area contributed by atoms with Crippen LogP contribution in [0.4, 0.5) is 0 Å². The molecule has 0 radical (unpaired) electrons. The molecule has 0 N–H and O–H groups in total. The van der Waals surface area contributed by atoms with Crippen molar-refractivity contribution in [3.05, 3.63) is 210 Å². The molecule has 0 bridgehead atoms. The predicted octanol–water partition coefficient (Wildman–Crippen LogP) is 10.8. The van der Waals surface area contributed by atoms with Gasteiger partial charge in [-0.15, -0.1) is 0 Å². The Hall–Kier alpha value is -6.96. The average molecular weight is 651 g/mol. The number of pyridine rings is 3. The van der Waals surface area contributed by atoms with Crippen LogP contribution < -0.4 is 0 Å². The molecule has 238 valence electrons. The normalized spacial score (nSPS) is 12.5. The predicted molar refractivity (Wildman–Crippen MR) is 204 cm³/mol. The van der Waals surface area contributed by atoms with Gasteiger partial charge in [-0.25, -0.2) is 4.98 Å². The van der Waals surface area contributed by atoms with Crippen LogP contribution in [0.25, 0.3) is 56.2 Å². The van der Waals surface area contributed by atoms with Crippen molar-refractivity contribution in [3.63, 3.8) is 0 Å². The summed E-state index contributed by atoms with van der Waals surface area (Å²) in [7, 11) is 0. The third kappa shape index (κ3) is 5.03. The van der Waals surface area contributed by atoms with Gasteiger partial charge in [-0.1, -0.05) is 109 Å². The fraction of sp³-hybridized carbons (Fsp3) is 0.0213. The molecule has 3 heterocycles. The van der Waals surface area contributed by atoms with Crippen molar-refractivity contribution in [2.45, 2.75) is 5.41 Å². The molecule has 0 unspecified atom stereocenters. The topological polar surface area (TPSA) is 62.5 Å². The van der Waals surface area contributed by atoms with Gasteiger partial charge in [0.15, 0.2) is 0 Å². The zero-order valence-electron chi connectivity index (χ0n) is 27.6. The first-order valence-electron chi connectivity index (χ1n) is 17.0. The average Bonchev–Trinajstić information content (AvgIpc) is 3.51. The maximum absolute atomic E-state index is 9.69. The number of hydrogen-bond acceptors (Lipinski definition) is 4. The SMILES string of the molecule is N#Cc1ccc(-c2cc3c(cc2-c2cc(-c4ccccn4)nc(-c4ccccn4)c2)-c2ccccc2C3(c2ccccc2)c2ccccc2)cc1. The number of hydrogen-bond donors (Lipinski definition) is 0. The molecule has 0 saturated heterocycles. The van der Waals surface area contributed by atoms with Gasteiger partial charge in [0.2, 0.25) is 0 Å². The second-order valence-corrected chi connectivity index (χ2v) is 12.7. The summed E-state index contributed by atoms with van der Waals surface area (Å²) in [5, 5.41) is 9.69. The molecule has 51 heavy (non-hydrogen) atoms. The molecule has 1 aliphatic rings. The van der Waals surface area contributed by atoms with Crippen molar-refractivity contribution >= 4 is 0 Å². The van der Waals surface area contributed by atoms with Crippen molar-refractivity contribution < 1.29 is 0 Å². The van der Waals surface area contributed by atoms with Crippen LogP contribution >= 0.6 is 0 Å². The van der Waals surface area contributed by atoms with Crippen LogP contribution in [0, 0.1) is 11.3 Å². The Balaban J connectivity index is 1.39. The lowest BCUT2D eigenvalue weighted by molar-refractivity contribution is 0.769. The molecule has 0 atom stereocenters. The van der Waals surface area contributed by atoms with E-state index in [-0.39, 0.29) is 0 Å². The van der Waals surface area contributed by atoms with Gasteiger partial charge in [-0.05, 0) is 116 Å². The molecule has 0 amide bonds. The van der Waals surface area contributed by atoms with Gasteiger partial charge in [0, 0.05) is 12.4 Å². The van der Waals surface area contributed by atoms with E-state index in [1.54, 1.807) is 12.4 Å². The Labute approximate surface area is 297 Å². The summed E-state index contributed by atoms with van der Waals surface area (Å²) in [6.07, 6.45) is 3.59. The molecule has 0 spiro atoms. The summed E-state index contributed by atoms with van der Waals surface area (Å²) in [5.74, 6) is 0. The molecule has 4 heteroatoms. The fourth-order valence-corrected chi connectivity index (χ4v) is 7.67. The van der Waals surface area contributed by atoms with Gasteiger partial charge in [0.1, 0.15) is 0 Å². The second-order valence-electron chi connectivity index (χ2n) is 12.7. The minimum absolute atomic E-state index is 0.551. The standard InChI is InChI=1S/C47H30N4/c48-31-32-21-23-33(24-22-32)39-30-42-40(37-17-7-8-18-41(37)47(42,35-13-3-1-4-14-35)36-15-5-2-6-16-36)29-38(39)34-27-45(43-19-9-11-25-49-43)51-46(28-34)44-20-10-12-26-50-44/h1-30H. The zero-order valence-corrected chi connectivity index (χ0v) is 27.6. The lowest BCUT2D eigenvalue weighted by Crippen LogP contribution is -2.28. The smallest absolute Gasteiger partial charge is 0.0991 e. The quantitative estimate of drug-likeness (QED) is 0.180. The first kappa shape index (κ1) is 30.1. The van der Waals surface area contributed by atoms with Crippen LogP contribution in [0.1, 0.15) is 27.8 Å². The van der Waals surface area contributed by atoms with E-state index < -0.39 is 5.41 Å². The minimum Gasteiger partial charge on any atom is -0.255 e. The van der Waals surface area contributed by atoms with Crippen molar-refractivity contribution in [2.75, 3.05) is 0 Å². The molecule has 0 saturated carbocycles. The summed E-state index contributed by atoms with van der Waals surface area (Å²) in [4.78, 5) is 14.4. The van der Waals surface area contributed by atoms with Gasteiger partial charge in [-0.2, -0.15) is 5.26 Å². The molecule has 9 rings (SSSR count). The van der Waals surface area contributed by atoms with Crippen molar-refractivity contribution in [2.24, 2.45) is 0 Å². The molecule has 5 aromatic carbocycles. The van der Waals surface area contributed by atoms with E-state index in [4.69, 9.17) is 4.98 Å². The third-order valence-corrected chi connectivity index (χ3v) is 9.91. The van der Waals surface area contributed by atoms with E-state index in [1.807, 2.05) is 48.5 Å². The fourth-order valence-electron chi connectivity index (χ4n) is 7.67. The Morgan fingerprint density at radius 2 is 0.961 bits per heavy atom. The van der Waals surface area contributed by atoms with E-state index in [1.165, 1.54) is 33.4 Å². The number of nitriles is 1. The molecule has 3 aromatic heterocycles. The molecule has 0 fully saturated rings. The van der Waals surface area contributed by atoms with E-state index >= 15 is 0 Å². The largest absolute Gasteiger partial charge is 0.255 e. The lowest BCUT2D eigenvalue weighted by atomic mass is 9.67. The molecule has 4 nitrogen and oxygen atoms in total. The van der Waals surface area contributed by atoms with E-state index in [2.05, 4.69) is 137 Å². The summed E-state index contributed by atoms with van der Waals surface area (Å²) in [6, 6.07) is 61.4. The van der Waals surface area contributed by atoms with Crippen molar-refractivity contribution in [3.8, 4) is 62.2 Å². The Morgan fingerprint density at radius 1 is 0.412 bits per heavy atom. The van der Waals surface area contributed by atoms with Gasteiger partial charge < -0.3 is 0 Å². The Bertz CT molecular complexity index is 2460. The maximum atomic E-state index is 9.69. The molecular formula is C47H30N4. The monoisotopic (exact) mass is 650 g/mol. The minimum atomic E-state index is -0.551. The number of benzene rings is 5. The van der Waals surface area contributed by atoms with E-state index in [0.717, 1.165) is 45.0 Å². The summed E-state index contributed by atoms with van der Waals surface area (Å²) in [6.45, 7) is 0. The molecule has 0 aliphatic heterocycles. The zero-order chi connectivity index (χ0) is 34.2. The highest BCUT2D eigenvalue weighted by Gasteiger charge is 2.46. The van der Waals surface area contributed by atoms with Crippen LogP contribution in [0.2, 0.25) is 0 Å². The summed E-state index contributed by atoms with van der Waals surface area (Å²) in [5.41, 5.74) is 14.6. The molecular weight excluding hydrogens is 621 g/mol. The van der Waals surface area contributed by atoms with Crippen LogP contribution in [-0.2, 0) is 5.41 Å². The van der Waals surface area contributed by atoms with Gasteiger partial charge in [0.05, 0.1) is 39.8 Å².